The maximum absolute atomic E-state index is 10.7. The first kappa shape index (κ1) is 12.4. The summed E-state index contributed by atoms with van der Waals surface area (Å²) in [6.45, 7) is 1.90. The molecule has 1 aromatic carbocycles. The van der Waals surface area contributed by atoms with Crippen LogP contribution < -0.4 is 4.90 Å². The lowest BCUT2D eigenvalue weighted by Crippen LogP contribution is -2.43. The van der Waals surface area contributed by atoms with Gasteiger partial charge in [0.05, 0.1) is 29.3 Å². The standard InChI is InChI=1S/C13H14N2O3S/c16-12(17)7-9-8-15(5-6-18-9)13-14-10-3-1-2-4-11(10)19-13/h1-4,9H,5-8H2,(H,16,17). The number of fused-ring (bicyclic) bond motifs is 1. The third-order valence-corrected chi connectivity index (χ3v) is 4.19. The summed E-state index contributed by atoms with van der Waals surface area (Å²) in [6.07, 6.45) is -0.209. The quantitative estimate of drug-likeness (QED) is 0.930. The number of carboxylic acid groups (broad SMARTS) is 1. The largest absolute Gasteiger partial charge is 0.481 e. The third-order valence-electron chi connectivity index (χ3n) is 3.09. The summed E-state index contributed by atoms with van der Waals surface area (Å²) in [5.74, 6) is -0.823. The van der Waals surface area contributed by atoms with Gasteiger partial charge in [-0.25, -0.2) is 4.98 Å². The fourth-order valence-corrected chi connectivity index (χ4v) is 3.21. The van der Waals surface area contributed by atoms with Crippen LogP contribution in [0.2, 0.25) is 0 Å². The van der Waals surface area contributed by atoms with Crippen LogP contribution in [0.25, 0.3) is 10.2 Å². The summed E-state index contributed by atoms with van der Waals surface area (Å²) >= 11 is 1.64. The lowest BCUT2D eigenvalue weighted by atomic mass is 10.2. The molecule has 5 nitrogen and oxygen atoms in total. The molecule has 0 bridgehead atoms. The number of nitrogens with zero attached hydrogens (tertiary/aromatic N) is 2. The molecule has 0 amide bonds. The zero-order valence-electron chi connectivity index (χ0n) is 10.3. The van der Waals surface area contributed by atoms with Gasteiger partial charge >= 0.3 is 5.97 Å². The van der Waals surface area contributed by atoms with Crippen molar-refractivity contribution >= 4 is 32.7 Å². The van der Waals surface area contributed by atoms with Gasteiger partial charge in [-0.1, -0.05) is 23.5 Å². The second-order valence-corrected chi connectivity index (χ2v) is 5.51. The zero-order chi connectivity index (χ0) is 13.2. The van der Waals surface area contributed by atoms with Crippen molar-refractivity contribution in [2.24, 2.45) is 0 Å². The number of aromatic nitrogens is 1. The number of hydrogen-bond acceptors (Lipinski definition) is 5. The first-order chi connectivity index (χ1) is 9.22. The summed E-state index contributed by atoms with van der Waals surface area (Å²) < 4.78 is 6.62. The Morgan fingerprint density at radius 1 is 1.53 bits per heavy atom. The van der Waals surface area contributed by atoms with Crippen LogP contribution in [-0.4, -0.2) is 41.9 Å². The van der Waals surface area contributed by atoms with Gasteiger partial charge in [-0.3, -0.25) is 4.79 Å². The van der Waals surface area contributed by atoms with Crippen molar-refractivity contribution < 1.29 is 14.6 Å². The average molecular weight is 278 g/mol. The van der Waals surface area contributed by atoms with Gasteiger partial charge in [0.25, 0.3) is 0 Å². The van der Waals surface area contributed by atoms with Crippen LogP contribution in [0.15, 0.2) is 24.3 Å². The minimum Gasteiger partial charge on any atom is -0.481 e. The SMILES string of the molecule is O=C(O)CC1CN(c2nc3ccccc3s2)CCO1. The Balaban J connectivity index is 1.79. The van der Waals surface area contributed by atoms with Crippen molar-refractivity contribution in [2.45, 2.75) is 12.5 Å². The van der Waals surface area contributed by atoms with Gasteiger partial charge in [-0.15, -0.1) is 0 Å². The molecule has 1 aromatic heterocycles. The van der Waals surface area contributed by atoms with Crippen molar-refractivity contribution in [3.63, 3.8) is 0 Å². The van der Waals surface area contributed by atoms with E-state index in [2.05, 4.69) is 9.88 Å². The van der Waals surface area contributed by atoms with Gasteiger partial charge < -0.3 is 14.7 Å². The highest BCUT2D eigenvalue weighted by Crippen LogP contribution is 2.29. The molecular formula is C13H14N2O3S. The van der Waals surface area contributed by atoms with Crippen LogP contribution in [0.4, 0.5) is 5.13 Å². The van der Waals surface area contributed by atoms with Crippen LogP contribution in [0.3, 0.4) is 0 Å². The Morgan fingerprint density at radius 3 is 3.16 bits per heavy atom. The smallest absolute Gasteiger partial charge is 0.306 e. The van der Waals surface area contributed by atoms with Crippen LogP contribution in [0.1, 0.15) is 6.42 Å². The Kier molecular flexibility index (Phi) is 3.35. The van der Waals surface area contributed by atoms with E-state index in [4.69, 9.17) is 9.84 Å². The van der Waals surface area contributed by atoms with Gasteiger partial charge in [-0.2, -0.15) is 0 Å². The topological polar surface area (TPSA) is 62.7 Å². The third kappa shape index (κ3) is 2.69. The Morgan fingerprint density at radius 2 is 2.37 bits per heavy atom. The lowest BCUT2D eigenvalue weighted by Gasteiger charge is -2.31. The minimum atomic E-state index is -0.823. The van der Waals surface area contributed by atoms with Gasteiger partial charge in [0.2, 0.25) is 0 Å². The molecule has 1 fully saturated rings. The van der Waals surface area contributed by atoms with Crippen LogP contribution in [-0.2, 0) is 9.53 Å². The fraction of sp³-hybridized carbons (Fsp3) is 0.385. The summed E-state index contributed by atoms with van der Waals surface area (Å²) in [7, 11) is 0. The summed E-state index contributed by atoms with van der Waals surface area (Å²) in [4.78, 5) is 17.4. The summed E-state index contributed by atoms with van der Waals surface area (Å²) in [5, 5.41) is 9.77. The predicted molar refractivity (Wildman–Crippen MR) is 73.8 cm³/mol. The predicted octanol–water partition coefficient (Wildman–Crippen LogP) is 1.98. The molecule has 19 heavy (non-hydrogen) atoms. The molecule has 0 spiro atoms. The first-order valence-electron chi connectivity index (χ1n) is 6.16. The molecule has 0 saturated carbocycles. The van der Waals surface area contributed by atoms with Crippen molar-refractivity contribution in [1.29, 1.82) is 0 Å². The molecule has 6 heteroatoms. The van der Waals surface area contributed by atoms with E-state index in [9.17, 15) is 4.79 Å². The van der Waals surface area contributed by atoms with Gasteiger partial charge in [0, 0.05) is 13.1 Å². The second-order valence-electron chi connectivity index (χ2n) is 4.50. The van der Waals surface area contributed by atoms with E-state index in [1.165, 1.54) is 0 Å². The number of carboxylic acids is 1. The maximum Gasteiger partial charge on any atom is 0.306 e. The van der Waals surface area contributed by atoms with E-state index < -0.39 is 5.97 Å². The molecule has 100 valence electrons. The number of ether oxygens (including phenoxy) is 1. The van der Waals surface area contributed by atoms with Gasteiger partial charge in [0.1, 0.15) is 0 Å². The molecule has 1 aliphatic rings. The molecule has 3 rings (SSSR count). The fourth-order valence-electron chi connectivity index (χ4n) is 2.21. The molecule has 1 saturated heterocycles. The molecule has 1 atom stereocenters. The van der Waals surface area contributed by atoms with Crippen LogP contribution in [0, 0.1) is 0 Å². The van der Waals surface area contributed by atoms with E-state index in [-0.39, 0.29) is 12.5 Å². The Hall–Kier alpha value is -1.66. The molecule has 0 radical (unpaired) electrons. The first-order valence-corrected chi connectivity index (χ1v) is 6.98. The molecule has 0 aliphatic carbocycles. The molecule has 1 aliphatic heterocycles. The number of anilines is 1. The number of morpholine rings is 1. The lowest BCUT2D eigenvalue weighted by molar-refractivity contribution is -0.140. The van der Waals surface area contributed by atoms with Crippen molar-refractivity contribution in [1.82, 2.24) is 4.98 Å². The minimum absolute atomic E-state index is 0.0431. The van der Waals surface area contributed by atoms with E-state index in [1.54, 1.807) is 11.3 Å². The number of benzene rings is 1. The monoisotopic (exact) mass is 278 g/mol. The van der Waals surface area contributed by atoms with Crippen molar-refractivity contribution in [2.75, 3.05) is 24.6 Å². The highest BCUT2D eigenvalue weighted by molar-refractivity contribution is 7.22. The van der Waals surface area contributed by atoms with Crippen molar-refractivity contribution in [3.8, 4) is 0 Å². The summed E-state index contributed by atoms with van der Waals surface area (Å²) in [6, 6.07) is 8.01. The van der Waals surface area contributed by atoms with E-state index >= 15 is 0 Å². The number of aliphatic carboxylic acids is 1. The molecule has 1 unspecified atom stereocenters. The Labute approximate surface area is 114 Å². The number of para-hydroxylation sites is 1. The van der Waals surface area contributed by atoms with E-state index in [0.717, 1.165) is 21.9 Å². The van der Waals surface area contributed by atoms with Crippen molar-refractivity contribution in [3.05, 3.63) is 24.3 Å². The molecular weight excluding hydrogens is 264 g/mol. The molecule has 2 heterocycles. The van der Waals surface area contributed by atoms with E-state index in [0.29, 0.717) is 13.2 Å². The average Bonchev–Trinajstić information content (AvgIpc) is 2.82. The zero-order valence-corrected chi connectivity index (χ0v) is 11.1. The number of hydrogen-bond donors (Lipinski definition) is 1. The summed E-state index contributed by atoms with van der Waals surface area (Å²) in [5.41, 5.74) is 0.990. The number of thiazole rings is 1. The Bertz CT molecular complexity index is 565. The van der Waals surface area contributed by atoms with Crippen LogP contribution in [0.5, 0.6) is 0 Å². The number of rotatable bonds is 3. The second kappa shape index (κ2) is 5.14. The van der Waals surface area contributed by atoms with Gasteiger partial charge in [0.15, 0.2) is 5.13 Å². The van der Waals surface area contributed by atoms with Gasteiger partial charge in [-0.05, 0) is 12.1 Å². The number of carbonyl (C=O) groups is 1. The molecule has 2 aromatic rings. The highest BCUT2D eigenvalue weighted by atomic mass is 32.1. The highest BCUT2D eigenvalue weighted by Gasteiger charge is 2.24. The maximum atomic E-state index is 10.7. The van der Waals surface area contributed by atoms with E-state index in [1.807, 2.05) is 24.3 Å². The van der Waals surface area contributed by atoms with Crippen LogP contribution >= 0.6 is 11.3 Å². The molecule has 1 N–H and O–H groups in total. The normalized spacial score (nSPS) is 19.8.